The van der Waals surface area contributed by atoms with Gasteiger partial charge in [0.05, 0.1) is 13.2 Å². The minimum atomic E-state index is -0.0433. The van der Waals surface area contributed by atoms with Crippen molar-refractivity contribution < 1.29 is 14.3 Å². The van der Waals surface area contributed by atoms with Crippen molar-refractivity contribution in [2.24, 2.45) is 0 Å². The molecule has 0 aromatic heterocycles. The Morgan fingerprint density at radius 2 is 2.16 bits per heavy atom. The van der Waals surface area contributed by atoms with Gasteiger partial charge in [-0.15, -0.1) is 0 Å². The Morgan fingerprint density at radius 1 is 1.36 bits per heavy atom. The fraction of sp³-hybridized carbons (Fsp3) is 0.556. The van der Waals surface area contributed by atoms with Crippen molar-refractivity contribution in [3.05, 3.63) is 29.3 Å². The highest BCUT2D eigenvalue weighted by molar-refractivity contribution is 7.99. The predicted molar refractivity (Wildman–Crippen MR) is 100 cm³/mol. The quantitative estimate of drug-likeness (QED) is 0.848. The molecular weight excluding hydrogens is 338 g/mol. The van der Waals surface area contributed by atoms with E-state index in [1.54, 1.807) is 6.07 Å². The lowest BCUT2D eigenvalue weighted by Gasteiger charge is -2.26. The molecule has 1 aromatic carbocycles. The number of nitrogens with zero attached hydrogens (tertiary/aromatic N) is 1. The molecule has 0 radical (unpaired) electrons. The van der Waals surface area contributed by atoms with Crippen molar-refractivity contribution in [3.63, 3.8) is 0 Å². The zero-order chi connectivity index (χ0) is 17.6. The third-order valence-electron chi connectivity index (χ3n) is 4.48. The van der Waals surface area contributed by atoms with Gasteiger partial charge in [-0.3, -0.25) is 9.59 Å². The molecule has 0 bridgehead atoms. The van der Waals surface area contributed by atoms with Crippen molar-refractivity contribution in [3.8, 4) is 0 Å². The van der Waals surface area contributed by atoms with Crippen LogP contribution in [0.15, 0.2) is 18.2 Å². The predicted octanol–water partition coefficient (Wildman–Crippen LogP) is 1.50. The first-order valence-electron chi connectivity index (χ1n) is 8.72. The Balaban J connectivity index is 1.59. The third-order valence-corrected chi connectivity index (χ3v) is 5.42. The molecule has 1 atom stereocenters. The summed E-state index contributed by atoms with van der Waals surface area (Å²) in [5.41, 5.74) is 2.34. The maximum atomic E-state index is 12.6. The van der Waals surface area contributed by atoms with Crippen molar-refractivity contribution in [1.82, 2.24) is 10.2 Å². The first-order valence-corrected chi connectivity index (χ1v) is 9.87. The molecule has 2 heterocycles. The van der Waals surface area contributed by atoms with Gasteiger partial charge in [0.15, 0.2) is 0 Å². The number of aryl methyl sites for hydroxylation is 1. The maximum absolute atomic E-state index is 12.6. The van der Waals surface area contributed by atoms with Crippen molar-refractivity contribution in [2.45, 2.75) is 19.4 Å². The van der Waals surface area contributed by atoms with Crippen LogP contribution in [-0.2, 0) is 9.53 Å². The van der Waals surface area contributed by atoms with E-state index in [0.717, 1.165) is 42.4 Å². The van der Waals surface area contributed by atoms with Gasteiger partial charge >= 0.3 is 0 Å². The Kier molecular flexibility index (Phi) is 6.34. The van der Waals surface area contributed by atoms with E-state index in [9.17, 15) is 9.59 Å². The van der Waals surface area contributed by atoms with Crippen molar-refractivity contribution in [2.75, 3.05) is 49.7 Å². The van der Waals surface area contributed by atoms with E-state index in [2.05, 4.69) is 10.6 Å². The summed E-state index contributed by atoms with van der Waals surface area (Å²) < 4.78 is 5.37. The molecule has 6 nitrogen and oxygen atoms in total. The highest BCUT2D eigenvalue weighted by Gasteiger charge is 2.20. The van der Waals surface area contributed by atoms with E-state index < -0.39 is 0 Å². The van der Waals surface area contributed by atoms with Crippen LogP contribution < -0.4 is 10.6 Å². The minimum Gasteiger partial charge on any atom is -0.378 e. The molecule has 136 valence electrons. The lowest BCUT2D eigenvalue weighted by Crippen LogP contribution is -2.43. The van der Waals surface area contributed by atoms with Crippen LogP contribution in [0.2, 0.25) is 0 Å². The SMILES string of the molecule is Cc1cc(C(=O)N2CCSCC2)ccc1NC(=O)CC1COCCN1. The lowest BCUT2D eigenvalue weighted by molar-refractivity contribution is -0.117. The standard InChI is InChI=1S/C18H25N3O3S/c1-13-10-14(18(23)21-5-8-25-9-6-21)2-3-16(13)20-17(22)11-15-12-24-7-4-19-15/h2-3,10,15,19H,4-9,11-12H2,1H3,(H,20,22). The number of anilines is 1. The van der Waals surface area contributed by atoms with Crippen LogP contribution in [0.4, 0.5) is 5.69 Å². The van der Waals surface area contributed by atoms with Crippen LogP contribution >= 0.6 is 11.8 Å². The Morgan fingerprint density at radius 3 is 2.84 bits per heavy atom. The van der Waals surface area contributed by atoms with E-state index >= 15 is 0 Å². The van der Waals surface area contributed by atoms with Gasteiger partial charge in [0, 0.05) is 54.9 Å². The van der Waals surface area contributed by atoms with Crippen LogP contribution in [0, 0.1) is 6.92 Å². The van der Waals surface area contributed by atoms with Gasteiger partial charge in [0.2, 0.25) is 5.91 Å². The highest BCUT2D eigenvalue weighted by atomic mass is 32.2. The molecule has 1 unspecified atom stereocenters. The fourth-order valence-electron chi connectivity index (χ4n) is 3.06. The molecule has 0 saturated carbocycles. The van der Waals surface area contributed by atoms with Gasteiger partial charge in [0.25, 0.3) is 5.91 Å². The first kappa shape index (κ1) is 18.2. The molecule has 2 fully saturated rings. The molecule has 2 aliphatic rings. The number of carbonyl (C=O) groups is 2. The summed E-state index contributed by atoms with van der Waals surface area (Å²) >= 11 is 1.88. The number of hydrogen-bond acceptors (Lipinski definition) is 5. The summed E-state index contributed by atoms with van der Waals surface area (Å²) in [6.45, 7) is 5.56. The fourth-order valence-corrected chi connectivity index (χ4v) is 3.96. The third kappa shape index (κ3) is 4.96. The van der Waals surface area contributed by atoms with Crippen LogP contribution in [0.3, 0.4) is 0 Å². The van der Waals surface area contributed by atoms with E-state index in [0.29, 0.717) is 25.2 Å². The smallest absolute Gasteiger partial charge is 0.253 e. The Bertz CT molecular complexity index is 626. The summed E-state index contributed by atoms with van der Waals surface area (Å²) in [7, 11) is 0. The maximum Gasteiger partial charge on any atom is 0.253 e. The topological polar surface area (TPSA) is 70.7 Å². The van der Waals surface area contributed by atoms with Gasteiger partial charge in [0.1, 0.15) is 0 Å². The number of amides is 2. The number of thioether (sulfide) groups is 1. The normalized spacial score (nSPS) is 21.0. The van der Waals surface area contributed by atoms with Gasteiger partial charge in [-0.1, -0.05) is 0 Å². The average Bonchev–Trinajstić information content (AvgIpc) is 2.64. The molecule has 1 aromatic rings. The Hall–Kier alpha value is -1.57. The number of rotatable bonds is 4. The molecule has 0 spiro atoms. The van der Waals surface area contributed by atoms with Gasteiger partial charge < -0.3 is 20.3 Å². The van der Waals surface area contributed by atoms with Crippen LogP contribution in [0.5, 0.6) is 0 Å². The van der Waals surface area contributed by atoms with Crippen LogP contribution in [0.25, 0.3) is 0 Å². The largest absolute Gasteiger partial charge is 0.378 e. The zero-order valence-electron chi connectivity index (χ0n) is 14.5. The monoisotopic (exact) mass is 363 g/mol. The number of carbonyl (C=O) groups excluding carboxylic acids is 2. The molecule has 7 heteroatoms. The summed E-state index contributed by atoms with van der Waals surface area (Å²) in [5.74, 6) is 2.03. The Labute approximate surface area is 152 Å². The van der Waals surface area contributed by atoms with Crippen LogP contribution in [0.1, 0.15) is 22.3 Å². The minimum absolute atomic E-state index is 0.0433. The molecule has 0 aliphatic carbocycles. The second-order valence-electron chi connectivity index (χ2n) is 6.41. The number of ether oxygens (including phenoxy) is 1. The average molecular weight is 363 g/mol. The number of morpholine rings is 1. The summed E-state index contributed by atoms with van der Waals surface area (Å²) in [6.07, 6.45) is 0.381. The lowest BCUT2D eigenvalue weighted by atomic mass is 10.1. The number of nitrogens with one attached hydrogen (secondary N) is 2. The summed E-state index contributed by atoms with van der Waals surface area (Å²) in [6, 6.07) is 5.55. The zero-order valence-corrected chi connectivity index (χ0v) is 15.4. The van der Waals surface area contributed by atoms with E-state index in [-0.39, 0.29) is 17.9 Å². The molecular formula is C18H25N3O3S. The van der Waals surface area contributed by atoms with Crippen molar-refractivity contribution in [1.29, 1.82) is 0 Å². The van der Waals surface area contributed by atoms with Gasteiger partial charge in [-0.05, 0) is 30.7 Å². The molecule has 2 saturated heterocycles. The van der Waals surface area contributed by atoms with E-state index in [1.165, 1.54) is 0 Å². The molecule has 2 aliphatic heterocycles. The first-order chi connectivity index (χ1) is 12.1. The van der Waals surface area contributed by atoms with Crippen molar-refractivity contribution >= 4 is 29.3 Å². The summed E-state index contributed by atoms with van der Waals surface area (Å²) in [4.78, 5) is 26.7. The molecule has 3 rings (SSSR count). The van der Waals surface area contributed by atoms with Gasteiger partial charge in [-0.25, -0.2) is 0 Å². The molecule has 2 N–H and O–H groups in total. The highest BCUT2D eigenvalue weighted by Crippen LogP contribution is 2.20. The van der Waals surface area contributed by atoms with E-state index in [4.69, 9.17) is 4.74 Å². The second-order valence-corrected chi connectivity index (χ2v) is 7.64. The second kappa shape index (κ2) is 8.69. The molecule has 25 heavy (non-hydrogen) atoms. The van der Waals surface area contributed by atoms with Crippen LogP contribution in [-0.4, -0.2) is 67.1 Å². The number of benzene rings is 1. The summed E-state index contributed by atoms with van der Waals surface area (Å²) in [5, 5.41) is 6.21. The number of hydrogen-bond donors (Lipinski definition) is 2. The van der Waals surface area contributed by atoms with E-state index in [1.807, 2.05) is 35.7 Å². The van der Waals surface area contributed by atoms with Gasteiger partial charge in [-0.2, -0.15) is 11.8 Å². The molecule has 2 amide bonds.